The fourth-order valence-electron chi connectivity index (χ4n) is 1.88. The Morgan fingerprint density at radius 2 is 1.78 bits per heavy atom. The van der Waals surface area contributed by atoms with E-state index in [0.29, 0.717) is 31.8 Å². The van der Waals surface area contributed by atoms with Gasteiger partial charge in [-0.15, -0.1) is 0 Å². The van der Waals surface area contributed by atoms with Crippen molar-refractivity contribution in [2.75, 3.05) is 26.7 Å². The Balaban J connectivity index is 2.26. The second-order valence-corrected chi connectivity index (χ2v) is 4.65. The Hall–Kier alpha value is -1.59. The summed E-state index contributed by atoms with van der Waals surface area (Å²) in [7, 11) is 1.73. The fourth-order valence-corrected chi connectivity index (χ4v) is 1.88. The van der Waals surface area contributed by atoms with Crippen molar-refractivity contribution in [1.29, 1.82) is 10.5 Å². The van der Waals surface area contributed by atoms with Crippen molar-refractivity contribution in [2.45, 2.75) is 38.1 Å². The quantitative estimate of drug-likeness (QED) is 0.645. The summed E-state index contributed by atoms with van der Waals surface area (Å²) in [5, 5.41) is 17.1. The van der Waals surface area contributed by atoms with Crippen LogP contribution in [0.25, 0.3) is 0 Å². The summed E-state index contributed by atoms with van der Waals surface area (Å²) in [5.74, 6) is 0.0767. The van der Waals surface area contributed by atoms with Gasteiger partial charge in [0.05, 0.1) is 18.6 Å². The third-order valence-corrected chi connectivity index (χ3v) is 3.17. The van der Waals surface area contributed by atoms with Gasteiger partial charge in [0.1, 0.15) is 0 Å². The van der Waals surface area contributed by atoms with Crippen molar-refractivity contribution in [3.05, 3.63) is 0 Å². The van der Waals surface area contributed by atoms with E-state index in [2.05, 4.69) is 11.0 Å². The first-order valence-electron chi connectivity index (χ1n) is 6.41. The van der Waals surface area contributed by atoms with Crippen LogP contribution < -0.4 is 0 Å². The number of nitriles is 2. The molecule has 0 aromatic rings. The maximum atomic E-state index is 11.8. The zero-order chi connectivity index (χ0) is 13.4. The molecule has 0 aliphatic heterocycles. The van der Waals surface area contributed by atoms with Crippen LogP contribution in [-0.4, -0.2) is 48.4 Å². The van der Waals surface area contributed by atoms with Crippen LogP contribution in [0.5, 0.6) is 0 Å². The summed E-state index contributed by atoms with van der Waals surface area (Å²) in [6, 6.07) is 4.76. The molecule has 1 aliphatic rings. The van der Waals surface area contributed by atoms with Crippen molar-refractivity contribution in [3.63, 3.8) is 0 Å². The number of hydrogen-bond acceptors (Lipinski definition) is 4. The van der Waals surface area contributed by atoms with Crippen molar-refractivity contribution >= 4 is 5.91 Å². The van der Waals surface area contributed by atoms with E-state index in [1.807, 2.05) is 6.07 Å². The molecular formula is C13H20N4O. The summed E-state index contributed by atoms with van der Waals surface area (Å²) in [4.78, 5) is 15.6. The molecule has 0 spiro atoms. The molecule has 1 saturated carbocycles. The number of carbonyl (C=O) groups is 1. The molecule has 1 aliphatic carbocycles. The van der Waals surface area contributed by atoms with Gasteiger partial charge in [-0.3, -0.25) is 9.69 Å². The van der Waals surface area contributed by atoms with Crippen molar-refractivity contribution in [1.82, 2.24) is 9.80 Å². The zero-order valence-electron chi connectivity index (χ0n) is 10.9. The van der Waals surface area contributed by atoms with Crippen molar-refractivity contribution in [2.24, 2.45) is 0 Å². The molecule has 0 saturated heterocycles. The summed E-state index contributed by atoms with van der Waals surface area (Å²) >= 11 is 0. The lowest BCUT2D eigenvalue weighted by atomic mass is 10.3. The molecule has 98 valence electrons. The highest BCUT2D eigenvalue weighted by Crippen LogP contribution is 2.26. The van der Waals surface area contributed by atoms with Gasteiger partial charge in [0.15, 0.2) is 0 Å². The summed E-state index contributed by atoms with van der Waals surface area (Å²) < 4.78 is 0. The minimum Gasteiger partial charge on any atom is -0.345 e. The number of rotatable bonds is 8. The van der Waals surface area contributed by atoms with E-state index in [9.17, 15) is 4.79 Å². The molecule has 0 N–H and O–H groups in total. The van der Waals surface area contributed by atoms with Gasteiger partial charge in [-0.25, -0.2) is 0 Å². The summed E-state index contributed by atoms with van der Waals surface area (Å²) in [5.41, 5.74) is 0. The summed E-state index contributed by atoms with van der Waals surface area (Å²) in [6.07, 6.45) is 3.75. The molecule has 0 bridgehead atoms. The van der Waals surface area contributed by atoms with Crippen LogP contribution in [0, 0.1) is 22.7 Å². The molecule has 0 aromatic heterocycles. The largest absolute Gasteiger partial charge is 0.345 e. The number of carbonyl (C=O) groups excluding carboxylic acids is 1. The number of nitrogens with zero attached hydrogens (tertiary/aromatic N) is 4. The highest BCUT2D eigenvalue weighted by molar-refractivity contribution is 5.76. The van der Waals surface area contributed by atoms with Gasteiger partial charge < -0.3 is 4.90 Å². The number of hydrogen-bond donors (Lipinski definition) is 0. The molecule has 0 aromatic carbocycles. The average molecular weight is 248 g/mol. The van der Waals surface area contributed by atoms with E-state index in [4.69, 9.17) is 10.5 Å². The van der Waals surface area contributed by atoms with Crippen LogP contribution in [0.15, 0.2) is 0 Å². The number of amides is 1. The molecule has 1 amide bonds. The van der Waals surface area contributed by atoms with Gasteiger partial charge in [0.2, 0.25) is 5.91 Å². The van der Waals surface area contributed by atoms with Crippen LogP contribution in [0.1, 0.15) is 32.1 Å². The highest BCUT2D eigenvalue weighted by Gasteiger charge is 2.28. The topological polar surface area (TPSA) is 71.1 Å². The van der Waals surface area contributed by atoms with Gasteiger partial charge in [-0.1, -0.05) is 0 Å². The third-order valence-electron chi connectivity index (χ3n) is 3.17. The first kappa shape index (κ1) is 14.5. The third kappa shape index (κ3) is 5.16. The Kier molecular flexibility index (Phi) is 6.18. The van der Waals surface area contributed by atoms with E-state index in [0.717, 1.165) is 13.1 Å². The molecule has 5 heteroatoms. The standard InChI is InChI=1S/C13H20N4O/c1-16(9-2-7-14)13(18)6-11-17(10-3-8-15)12-4-5-12/h12H,2-6,9-11H2,1H3. The molecule has 0 unspecified atom stereocenters. The smallest absolute Gasteiger partial charge is 0.223 e. The highest BCUT2D eigenvalue weighted by atomic mass is 16.2. The molecular weight excluding hydrogens is 228 g/mol. The van der Waals surface area contributed by atoms with Crippen molar-refractivity contribution in [3.8, 4) is 12.1 Å². The Labute approximate surface area is 109 Å². The molecule has 0 atom stereocenters. The van der Waals surface area contributed by atoms with Gasteiger partial charge in [0, 0.05) is 45.6 Å². The minimum absolute atomic E-state index is 0.0767. The minimum atomic E-state index is 0.0767. The van der Waals surface area contributed by atoms with Crippen LogP contribution in [0.2, 0.25) is 0 Å². The van der Waals surface area contributed by atoms with Crippen LogP contribution in [0.3, 0.4) is 0 Å². The van der Waals surface area contributed by atoms with Gasteiger partial charge in [-0.05, 0) is 12.8 Å². The second-order valence-electron chi connectivity index (χ2n) is 4.65. The van der Waals surface area contributed by atoms with E-state index < -0.39 is 0 Å². The first-order valence-corrected chi connectivity index (χ1v) is 6.41. The SMILES string of the molecule is CN(CCC#N)C(=O)CCN(CCC#N)C1CC1. The second kappa shape index (κ2) is 7.68. The predicted molar refractivity (Wildman–Crippen MR) is 67.3 cm³/mol. The fraction of sp³-hybridized carbons (Fsp3) is 0.769. The molecule has 0 radical (unpaired) electrons. The maximum Gasteiger partial charge on any atom is 0.223 e. The Bertz CT molecular complexity index is 351. The van der Waals surface area contributed by atoms with Crippen LogP contribution in [-0.2, 0) is 4.79 Å². The zero-order valence-corrected chi connectivity index (χ0v) is 10.9. The lowest BCUT2D eigenvalue weighted by Gasteiger charge is -2.22. The van der Waals surface area contributed by atoms with Gasteiger partial charge in [0.25, 0.3) is 0 Å². The first-order chi connectivity index (χ1) is 8.69. The molecule has 0 heterocycles. The Morgan fingerprint density at radius 1 is 1.17 bits per heavy atom. The maximum absolute atomic E-state index is 11.8. The molecule has 1 fully saturated rings. The van der Waals surface area contributed by atoms with Gasteiger partial charge in [-0.2, -0.15) is 10.5 Å². The normalized spacial score (nSPS) is 14.0. The van der Waals surface area contributed by atoms with E-state index in [1.165, 1.54) is 12.8 Å². The van der Waals surface area contributed by atoms with Gasteiger partial charge >= 0.3 is 0 Å². The predicted octanol–water partition coefficient (Wildman–Crippen LogP) is 1.13. The van der Waals surface area contributed by atoms with Crippen LogP contribution >= 0.6 is 0 Å². The van der Waals surface area contributed by atoms with E-state index in [-0.39, 0.29) is 5.91 Å². The van der Waals surface area contributed by atoms with E-state index in [1.54, 1.807) is 11.9 Å². The molecule has 1 rings (SSSR count). The van der Waals surface area contributed by atoms with Crippen molar-refractivity contribution < 1.29 is 4.79 Å². The van der Waals surface area contributed by atoms with Crippen LogP contribution in [0.4, 0.5) is 0 Å². The van der Waals surface area contributed by atoms with E-state index >= 15 is 0 Å². The molecule has 5 nitrogen and oxygen atoms in total. The lowest BCUT2D eigenvalue weighted by Crippen LogP contribution is -2.34. The average Bonchev–Trinajstić information content (AvgIpc) is 3.20. The summed E-state index contributed by atoms with van der Waals surface area (Å²) in [6.45, 7) is 1.98. The Morgan fingerprint density at radius 3 is 2.33 bits per heavy atom. The monoisotopic (exact) mass is 248 g/mol. The molecule has 18 heavy (non-hydrogen) atoms. The lowest BCUT2D eigenvalue weighted by molar-refractivity contribution is -0.130.